The van der Waals surface area contributed by atoms with E-state index >= 15 is 0 Å². The maximum Gasteiger partial charge on any atom is 0.193 e. The monoisotopic (exact) mass is 523 g/mol. The molecular weight excluding hydrogens is 481 g/mol. The number of nitrogens with zero attached hydrogens (tertiary/aromatic N) is 4. The van der Waals surface area contributed by atoms with Crippen LogP contribution in [-0.4, -0.2) is 97.1 Å². The molecule has 0 aromatic rings. The number of unbranched alkanes of at least 4 members (excludes halogenated alkanes) is 1. The molecule has 0 atom stereocenters. The normalized spacial score (nSPS) is 24.2. The number of thioether (sulfide) groups is 1. The zero-order valence-corrected chi connectivity index (χ0v) is 21.3. The molecule has 28 heavy (non-hydrogen) atoms. The molecule has 2 heterocycles. The van der Waals surface area contributed by atoms with Crippen molar-refractivity contribution in [2.24, 2.45) is 4.99 Å². The van der Waals surface area contributed by atoms with Gasteiger partial charge in [0.15, 0.2) is 5.96 Å². The maximum atomic E-state index is 5.01. The Labute approximate surface area is 194 Å². The first-order valence-corrected chi connectivity index (χ1v) is 12.3. The van der Waals surface area contributed by atoms with Gasteiger partial charge >= 0.3 is 0 Å². The van der Waals surface area contributed by atoms with Crippen LogP contribution in [0.1, 0.15) is 51.9 Å². The van der Waals surface area contributed by atoms with Crippen molar-refractivity contribution >= 4 is 41.7 Å². The molecule has 1 N–H and O–H groups in total. The van der Waals surface area contributed by atoms with Gasteiger partial charge in [-0.15, -0.1) is 24.0 Å². The minimum absolute atomic E-state index is 0. The molecule has 164 valence electrons. The van der Waals surface area contributed by atoms with E-state index in [4.69, 9.17) is 4.99 Å². The van der Waals surface area contributed by atoms with E-state index in [2.05, 4.69) is 45.7 Å². The van der Waals surface area contributed by atoms with Gasteiger partial charge in [0.2, 0.25) is 0 Å². The van der Waals surface area contributed by atoms with Crippen LogP contribution in [0.5, 0.6) is 0 Å². The molecule has 1 aliphatic carbocycles. The number of aliphatic imine (C=N–C) groups is 1. The van der Waals surface area contributed by atoms with E-state index < -0.39 is 0 Å². The van der Waals surface area contributed by atoms with Crippen molar-refractivity contribution in [2.75, 3.05) is 71.7 Å². The van der Waals surface area contributed by atoms with Crippen molar-refractivity contribution in [1.82, 2.24) is 20.0 Å². The predicted octanol–water partition coefficient (Wildman–Crippen LogP) is 3.35. The van der Waals surface area contributed by atoms with Gasteiger partial charge in [0.05, 0.1) is 0 Å². The van der Waals surface area contributed by atoms with Crippen LogP contribution in [0.2, 0.25) is 0 Å². The number of piperazine rings is 1. The molecular formula is C21H42IN5S. The van der Waals surface area contributed by atoms with Gasteiger partial charge in [-0.1, -0.05) is 19.3 Å². The second-order valence-electron chi connectivity index (χ2n) is 8.60. The minimum Gasteiger partial charge on any atom is -0.357 e. The van der Waals surface area contributed by atoms with Crippen LogP contribution in [0.4, 0.5) is 0 Å². The molecule has 0 amide bonds. The van der Waals surface area contributed by atoms with Gasteiger partial charge in [0.25, 0.3) is 0 Å². The number of rotatable bonds is 6. The van der Waals surface area contributed by atoms with Gasteiger partial charge in [-0.25, -0.2) is 0 Å². The number of likely N-dealkylation sites (N-methyl/N-ethyl adjacent to an activating group) is 1. The molecule has 0 bridgehead atoms. The summed E-state index contributed by atoms with van der Waals surface area (Å²) in [5.41, 5.74) is 0. The van der Waals surface area contributed by atoms with Crippen molar-refractivity contribution in [3.63, 3.8) is 0 Å². The summed E-state index contributed by atoms with van der Waals surface area (Å²) in [6.45, 7) is 12.6. The SMILES string of the molecule is CCNC(=NCCCCN1CCN(C)CC1)N1CCSC2(CCCCC2)C1.I. The zero-order chi connectivity index (χ0) is 19.0. The maximum absolute atomic E-state index is 5.01. The lowest BCUT2D eigenvalue weighted by Gasteiger charge is -2.45. The Morgan fingerprint density at radius 2 is 1.79 bits per heavy atom. The molecule has 3 rings (SSSR count). The molecule has 1 spiro atoms. The minimum atomic E-state index is 0. The lowest BCUT2D eigenvalue weighted by molar-refractivity contribution is 0.152. The van der Waals surface area contributed by atoms with Crippen molar-refractivity contribution < 1.29 is 0 Å². The fourth-order valence-electron chi connectivity index (χ4n) is 4.65. The van der Waals surface area contributed by atoms with Crippen molar-refractivity contribution in [3.05, 3.63) is 0 Å². The lowest BCUT2D eigenvalue weighted by atomic mass is 9.87. The molecule has 0 unspecified atom stereocenters. The number of hydrogen-bond donors (Lipinski definition) is 1. The third-order valence-corrected chi connectivity index (χ3v) is 7.92. The molecule has 2 saturated heterocycles. The van der Waals surface area contributed by atoms with E-state index in [9.17, 15) is 0 Å². The van der Waals surface area contributed by atoms with E-state index in [1.807, 2.05) is 0 Å². The zero-order valence-electron chi connectivity index (χ0n) is 18.1. The largest absolute Gasteiger partial charge is 0.357 e. The average Bonchev–Trinajstić information content (AvgIpc) is 2.69. The van der Waals surface area contributed by atoms with Crippen LogP contribution in [0, 0.1) is 0 Å². The molecule has 2 aliphatic heterocycles. The van der Waals surface area contributed by atoms with Crippen molar-refractivity contribution in [1.29, 1.82) is 0 Å². The van der Waals surface area contributed by atoms with Crippen LogP contribution in [0.25, 0.3) is 0 Å². The molecule has 5 nitrogen and oxygen atoms in total. The molecule has 0 aromatic carbocycles. The Kier molecular flexibility index (Phi) is 11.3. The Hall–Kier alpha value is 0.270. The third-order valence-electron chi connectivity index (χ3n) is 6.39. The van der Waals surface area contributed by atoms with Gasteiger partial charge < -0.3 is 20.0 Å². The number of guanidine groups is 1. The fourth-order valence-corrected chi connectivity index (χ4v) is 6.22. The van der Waals surface area contributed by atoms with E-state index in [-0.39, 0.29) is 24.0 Å². The Bertz CT molecular complexity index is 456. The standard InChI is InChI=1S/C21H41N5S.HI/c1-3-22-20(23-11-7-8-12-25-15-13-24(2)14-16-25)26-17-18-27-21(19-26)9-5-4-6-10-21;/h3-19H2,1-2H3,(H,22,23);1H. The molecule has 7 heteroatoms. The van der Waals surface area contributed by atoms with Crippen LogP contribution in [0.15, 0.2) is 4.99 Å². The van der Waals surface area contributed by atoms with Crippen molar-refractivity contribution in [2.45, 2.75) is 56.6 Å². The summed E-state index contributed by atoms with van der Waals surface area (Å²) in [5.74, 6) is 2.43. The van der Waals surface area contributed by atoms with Crippen LogP contribution >= 0.6 is 35.7 Å². The summed E-state index contributed by atoms with van der Waals surface area (Å²) in [6, 6.07) is 0. The first-order valence-electron chi connectivity index (χ1n) is 11.3. The second kappa shape index (κ2) is 12.8. The first kappa shape index (κ1) is 24.5. The summed E-state index contributed by atoms with van der Waals surface area (Å²) in [5, 5.41) is 3.57. The van der Waals surface area contributed by atoms with Gasteiger partial charge in [-0.2, -0.15) is 11.8 Å². The average molecular weight is 524 g/mol. The highest BCUT2D eigenvalue weighted by Gasteiger charge is 2.38. The van der Waals surface area contributed by atoms with Crippen LogP contribution in [-0.2, 0) is 0 Å². The number of halogens is 1. The topological polar surface area (TPSA) is 34.1 Å². The summed E-state index contributed by atoms with van der Waals surface area (Å²) in [4.78, 5) is 12.6. The number of hydrogen-bond acceptors (Lipinski definition) is 4. The number of nitrogens with one attached hydrogen (secondary N) is 1. The highest BCUT2D eigenvalue weighted by Crippen LogP contribution is 2.42. The van der Waals surface area contributed by atoms with E-state index in [1.54, 1.807) is 0 Å². The third kappa shape index (κ3) is 7.51. The molecule has 3 aliphatic rings. The second-order valence-corrected chi connectivity index (χ2v) is 10.2. The Morgan fingerprint density at radius 1 is 1.04 bits per heavy atom. The van der Waals surface area contributed by atoms with Gasteiger partial charge in [-0.05, 0) is 46.2 Å². The van der Waals surface area contributed by atoms with Gasteiger partial charge in [0.1, 0.15) is 0 Å². The Morgan fingerprint density at radius 3 is 2.50 bits per heavy atom. The summed E-state index contributed by atoms with van der Waals surface area (Å²) in [7, 11) is 2.23. The molecule has 0 aromatic heterocycles. The Balaban J connectivity index is 0.00000280. The summed E-state index contributed by atoms with van der Waals surface area (Å²) >= 11 is 2.24. The quantitative estimate of drug-likeness (QED) is 0.250. The highest BCUT2D eigenvalue weighted by molar-refractivity contribution is 14.0. The summed E-state index contributed by atoms with van der Waals surface area (Å²) < 4.78 is 0.508. The predicted molar refractivity (Wildman–Crippen MR) is 134 cm³/mol. The van der Waals surface area contributed by atoms with E-state index in [0.29, 0.717) is 4.75 Å². The van der Waals surface area contributed by atoms with Crippen LogP contribution < -0.4 is 5.32 Å². The molecule has 3 fully saturated rings. The smallest absolute Gasteiger partial charge is 0.193 e. The van der Waals surface area contributed by atoms with Gasteiger partial charge in [-0.3, -0.25) is 4.99 Å². The van der Waals surface area contributed by atoms with Gasteiger partial charge in [0, 0.05) is 62.9 Å². The first-order chi connectivity index (χ1) is 13.2. The van der Waals surface area contributed by atoms with Crippen LogP contribution in [0.3, 0.4) is 0 Å². The fraction of sp³-hybridized carbons (Fsp3) is 0.952. The van der Waals surface area contributed by atoms with E-state index in [1.165, 1.54) is 95.9 Å². The molecule has 0 radical (unpaired) electrons. The summed E-state index contributed by atoms with van der Waals surface area (Å²) in [6.07, 6.45) is 9.55. The van der Waals surface area contributed by atoms with E-state index in [0.717, 1.165) is 19.6 Å². The molecule has 1 saturated carbocycles. The van der Waals surface area contributed by atoms with Crippen molar-refractivity contribution in [3.8, 4) is 0 Å². The highest BCUT2D eigenvalue weighted by atomic mass is 127. The lowest BCUT2D eigenvalue weighted by Crippen LogP contribution is -2.53.